The molecule has 1 aromatic heterocycles. The first-order valence-electron chi connectivity index (χ1n) is 7.75. The van der Waals surface area contributed by atoms with Gasteiger partial charge in [0.1, 0.15) is 0 Å². The van der Waals surface area contributed by atoms with E-state index in [0.29, 0.717) is 6.04 Å². The van der Waals surface area contributed by atoms with Gasteiger partial charge in [0, 0.05) is 24.7 Å². The second-order valence-electron chi connectivity index (χ2n) is 5.35. The summed E-state index contributed by atoms with van der Waals surface area (Å²) in [6, 6.07) is 9.02. The second kappa shape index (κ2) is 7.26. The van der Waals surface area contributed by atoms with Gasteiger partial charge in [-0.05, 0) is 18.2 Å². The Morgan fingerprint density at radius 2 is 2.00 bits per heavy atom. The van der Waals surface area contributed by atoms with Gasteiger partial charge < -0.3 is 4.74 Å². The summed E-state index contributed by atoms with van der Waals surface area (Å²) in [6.45, 7) is 8.02. The minimum absolute atomic E-state index is 0.416. The standard InChI is InChI=1S/C16H22N4OS/c1-3-22-16-17-15(18-19-16)14-6-4-13(5-7-14)12(2)20-8-10-21-11-9-20/h4-7,12H,3,8-11H2,1-2H3,(H,17,18,19)/t12-/m0/s1. The van der Waals surface area contributed by atoms with Gasteiger partial charge in [0.2, 0.25) is 5.16 Å². The molecule has 3 rings (SSSR count). The number of thioether (sulfide) groups is 1. The number of morpholine rings is 1. The molecule has 0 unspecified atom stereocenters. The highest BCUT2D eigenvalue weighted by atomic mass is 32.2. The number of nitrogens with zero attached hydrogens (tertiary/aromatic N) is 3. The van der Waals surface area contributed by atoms with E-state index in [9.17, 15) is 0 Å². The largest absolute Gasteiger partial charge is 0.379 e. The highest BCUT2D eigenvalue weighted by Gasteiger charge is 2.18. The van der Waals surface area contributed by atoms with Gasteiger partial charge in [0.25, 0.3) is 0 Å². The summed E-state index contributed by atoms with van der Waals surface area (Å²) in [5.74, 6) is 1.81. The van der Waals surface area contributed by atoms with Crippen LogP contribution in [0.3, 0.4) is 0 Å². The highest BCUT2D eigenvalue weighted by molar-refractivity contribution is 7.99. The number of rotatable bonds is 5. The molecule has 1 N–H and O–H groups in total. The Kier molecular flexibility index (Phi) is 5.12. The number of aromatic amines is 1. The van der Waals surface area contributed by atoms with Crippen molar-refractivity contribution in [1.82, 2.24) is 20.1 Å². The lowest BCUT2D eigenvalue weighted by Gasteiger charge is -2.32. The third kappa shape index (κ3) is 3.51. The zero-order valence-electron chi connectivity index (χ0n) is 13.1. The Labute approximate surface area is 135 Å². The van der Waals surface area contributed by atoms with Crippen molar-refractivity contribution in [3.8, 4) is 11.4 Å². The van der Waals surface area contributed by atoms with Crippen LogP contribution in [0, 0.1) is 0 Å². The maximum absolute atomic E-state index is 5.42. The quantitative estimate of drug-likeness (QED) is 0.859. The van der Waals surface area contributed by atoms with Crippen LogP contribution in [0.4, 0.5) is 0 Å². The summed E-state index contributed by atoms with van der Waals surface area (Å²) in [6.07, 6.45) is 0. The van der Waals surface area contributed by atoms with Crippen molar-refractivity contribution in [2.45, 2.75) is 25.0 Å². The van der Waals surface area contributed by atoms with E-state index in [4.69, 9.17) is 4.74 Å². The first kappa shape index (κ1) is 15.5. The van der Waals surface area contributed by atoms with E-state index < -0.39 is 0 Å². The lowest BCUT2D eigenvalue weighted by atomic mass is 10.0. The van der Waals surface area contributed by atoms with Crippen LogP contribution >= 0.6 is 11.8 Å². The van der Waals surface area contributed by atoms with Gasteiger partial charge in [0.05, 0.1) is 13.2 Å². The molecule has 0 radical (unpaired) electrons. The molecule has 0 spiro atoms. The summed E-state index contributed by atoms with van der Waals surface area (Å²) >= 11 is 1.65. The van der Waals surface area contributed by atoms with Crippen LogP contribution in [0.15, 0.2) is 29.4 Å². The minimum Gasteiger partial charge on any atom is -0.379 e. The minimum atomic E-state index is 0.416. The number of nitrogens with one attached hydrogen (secondary N) is 1. The van der Waals surface area contributed by atoms with Crippen molar-refractivity contribution in [2.75, 3.05) is 32.1 Å². The summed E-state index contributed by atoms with van der Waals surface area (Å²) in [4.78, 5) is 6.97. The van der Waals surface area contributed by atoms with Crippen LogP contribution in [0.25, 0.3) is 11.4 Å². The molecule has 1 fully saturated rings. The molecule has 2 heterocycles. The van der Waals surface area contributed by atoms with Gasteiger partial charge in [0.15, 0.2) is 5.82 Å². The average molecular weight is 318 g/mol. The third-order valence-electron chi connectivity index (χ3n) is 4.00. The van der Waals surface area contributed by atoms with Crippen LogP contribution in [0.5, 0.6) is 0 Å². The fourth-order valence-corrected chi connectivity index (χ4v) is 3.19. The first-order valence-corrected chi connectivity index (χ1v) is 8.74. The number of benzene rings is 1. The van der Waals surface area contributed by atoms with Crippen LogP contribution in [0.2, 0.25) is 0 Å². The fraction of sp³-hybridized carbons (Fsp3) is 0.500. The maximum Gasteiger partial charge on any atom is 0.208 e. The molecule has 1 atom stereocenters. The molecule has 5 nitrogen and oxygen atoms in total. The third-order valence-corrected chi connectivity index (χ3v) is 4.73. The summed E-state index contributed by atoms with van der Waals surface area (Å²) in [7, 11) is 0. The molecule has 0 bridgehead atoms. The van der Waals surface area contributed by atoms with E-state index in [1.807, 2.05) is 0 Å². The maximum atomic E-state index is 5.42. The smallest absolute Gasteiger partial charge is 0.208 e. The Bertz CT molecular complexity index is 592. The second-order valence-corrected chi connectivity index (χ2v) is 6.58. The number of ether oxygens (including phenoxy) is 1. The lowest BCUT2D eigenvalue weighted by molar-refractivity contribution is 0.0198. The van der Waals surface area contributed by atoms with Crippen LogP contribution in [0.1, 0.15) is 25.5 Å². The first-order chi connectivity index (χ1) is 10.8. The van der Waals surface area contributed by atoms with E-state index in [2.05, 4.69) is 58.2 Å². The molecule has 0 amide bonds. The molecule has 118 valence electrons. The summed E-state index contributed by atoms with van der Waals surface area (Å²) in [5.41, 5.74) is 2.40. The van der Waals surface area contributed by atoms with Gasteiger partial charge in [-0.15, -0.1) is 5.10 Å². The molecule has 6 heteroatoms. The zero-order chi connectivity index (χ0) is 15.4. The van der Waals surface area contributed by atoms with E-state index in [1.165, 1.54) is 5.56 Å². The van der Waals surface area contributed by atoms with Crippen LogP contribution in [-0.4, -0.2) is 52.1 Å². The normalized spacial score (nSPS) is 17.5. The topological polar surface area (TPSA) is 54.0 Å². The van der Waals surface area contributed by atoms with Crippen molar-refractivity contribution >= 4 is 11.8 Å². The van der Waals surface area contributed by atoms with Gasteiger partial charge >= 0.3 is 0 Å². The van der Waals surface area contributed by atoms with Gasteiger partial charge in [-0.3, -0.25) is 10.00 Å². The molecule has 1 aromatic carbocycles. The van der Waals surface area contributed by atoms with E-state index in [1.54, 1.807) is 11.8 Å². The molecular formula is C16H22N4OS. The predicted octanol–water partition coefficient (Wildman–Crippen LogP) is 2.98. The number of H-pyrrole nitrogens is 1. The van der Waals surface area contributed by atoms with E-state index >= 15 is 0 Å². The zero-order valence-corrected chi connectivity index (χ0v) is 13.9. The van der Waals surface area contributed by atoms with Crippen molar-refractivity contribution in [1.29, 1.82) is 0 Å². The Morgan fingerprint density at radius 1 is 1.27 bits per heavy atom. The molecule has 1 aliphatic rings. The van der Waals surface area contributed by atoms with Crippen molar-refractivity contribution in [3.05, 3.63) is 29.8 Å². The molecular weight excluding hydrogens is 296 g/mol. The summed E-state index contributed by atoms with van der Waals surface area (Å²) in [5, 5.41) is 8.04. The lowest BCUT2D eigenvalue weighted by Crippen LogP contribution is -2.37. The SMILES string of the molecule is CCSc1n[nH]c(-c2ccc([C@H](C)N3CCOCC3)cc2)n1. The molecule has 1 aliphatic heterocycles. The Balaban J connectivity index is 1.71. The van der Waals surface area contributed by atoms with Crippen molar-refractivity contribution in [2.24, 2.45) is 0 Å². The Hall–Kier alpha value is -1.37. The van der Waals surface area contributed by atoms with Crippen molar-refractivity contribution < 1.29 is 4.74 Å². The predicted molar refractivity (Wildman–Crippen MR) is 89.0 cm³/mol. The monoisotopic (exact) mass is 318 g/mol. The number of hydrogen-bond donors (Lipinski definition) is 1. The van der Waals surface area contributed by atoms with Gasteiger partial charge in [-0.2, -0.15) is 0 Å². The van der Waals surface area contributed by atoms with E-state index in [-0.39, 0.29) is 0 Å². The Morgan fingerprint density at radius 3 is 2.68 bits per heavy atom. The molecule has 0 saturated carbocycles. The average Bonchev–Trinajstić information content (AvgIpc) is 3.04. The summed E-state index contributed by atoms with van der Waals surface area (Å²) < 4.78 is 5.42. The van der Waals surface area contributed by atoms with Crippen LogP contribution < -0.4 is 0 Å². The van der Waals surface area contributed by atoms with E-state index in [0.717, 1.165) is 48.6 Å². The molecule has 2 aromatic rings. The van der Waals surface area contributed by atoms with Crippen LogP contribution in [-0.2, 0) is 4.74 Å². The molecule has 1 saturated heterocycles. The molecule has 0 aliphatic carbocycles. The number of hydrogen-bond acceptors (Lipinski definition) is 5. The number of aromatic nitrogens is 3. The van der Waals surface area contributed by atoms with Gasteiger partial charge in [-0.1, -0.05) is 43.0 Å². The van der Waals surface area contributed by atoms with Crippen molar-refractivity contribution in [3.63, 3.8) is 0 Å². The molecule has 22 heavy (non-hydrogen) atoms. The highest BCUT2D eigenvalue weighted by Crippen LogP contribution is 2.24. The fourth-order valence-electron chi connectivity index (χ4n) is 2.66. The van der Waals surface area contributed by atoms with Gasteiger partial charge in [-0.25, -0.2) is 4.98 Å².